The zero-order chi connectivity index (χ0) is 14.2. The molecule has 1 aliphatic heterocycles. The van der Waals surface area contributed by atoms with E-state index in [9.17, 15) is 9.59 Å². The quantitative estimate of drug-likeness (QED) is 0.885. The molecule has 1 aromatic heterocycles. The van der Waals surface area contributed by atoms with Gasteiger partial charge < -0.3 is 14.6 Å². The number of oxazole rings is 1. The lowest BCUT2D eigenvalue weighted by Gasteiger charge is -2.36. The van der Waals surface area contributed by atoms with Crippen molar-refractivity contribution in [1.29, 1.82) is 0 Å². The second-order valence-corrected chi connectivity index (χ2v) is 5.24. The molecule has 1 saturated heterocycles. The number of rotatable bonds is 3. The smallest absolute Gasteiger partial charge is 0.246 e. The van der Waals surface area contributed by atoms with Crippen LogP contribution in [0, 0.1) is 12.8 Å². The van der Waals surface area contributed by atoms with Gasteiger partial charge in [0.05, 0.1) is 6.20 Å². The number of carbonyl (C=O) groups is 2. The minimum atomic E-state index is -0.472. The van der Waals surface area contributed by atoms with E-state index in [0.717, 1.165) is 0 Å². The van der Waals surface area contributed by atoms with Crippen LogP contribution in [-0.4, -0.2) is 34.3 Å². The molecule has 2 unspecified atom stereocenters. The molecule has 6 heteroatoms. The summed E-state index contributed by atoms with van der Waals surface area (Å²) in [7, 11) is 0. The summed E-state index contributed by atoms with van der Waals surface area (Å²) in [6.45, 7) is 7.48. The largest absolute Gasteiger partial charge is 0.444 e. The maximum Gasteiger partial charge on any atom is 0.246 e. The Hall–Kier alpha value is -1.85. The third kappa shape index (κ3) is 2.62. The van der Waals surface area contributed by atoms with E-state index in [2.05, 4.69) is 10.3 Å². The number of hydrogen-bond acceptors (Lipinski definition) is 4. The molecule has 1 N–H and O–H groups in total. The van der Waals surface area contributed by atoms with Gasteiger partial charge in [-0.25, -0.2) is 4.98 Å². The lowest BCUT2D eigenvalue weighted by atomic mass is 10.00. The summed E-state index contributed by atoms with van der Waals surface area (Å²) in [5.41, 5.74) is 0. The van der Waals surface area contributed by atoms with Gasteiger partial charge in [0.1, 0.15) is 24.4 Å². The Labute approximate surface area is 112 Å². The minimum Gasteiger partial charge on any atom is -0.444 e. The van der Waals surface area contributed by atoms with Gasteiger partial charge in [-0.05, 0) is 19.8 Å². The van der Waals surface area contributed by atoms with Gasteiger partial charge in [-0.2, -0.15) is 0 Å². The molecule has 2 heterocycles. The second kappa shape index (κ2) is 5.03. The number of aryl methyl sites for hydroxylation is 1. The van der Waals surface area contributed by atoms with Gasteiger partial charge in [-0.15, -0.1) is 0 Å². The number of aromatic nitrogens is 1. The molecule has 2 amide bonds. The standard InChI is InChI=1S/C13H19N3O3/c1-7(2)11-13(18)16(6-10(17)15-11)9(4)12-14-5-8(3)19-12/h5,7,9,11H,6H2,1-4H3,(H,15,17). The van der Waals surface area contributed by atoms with Crippen molar-refractivity contribution in [3.63, 3.8) is 0 Å². The van der Waals surface area contributed by atoms with E-state index in [4.69, 9.17) is 4.42 Å². The Morgan fingerprint density at radius 2 is 2.11 bits per heavy atom. The van der Waals surface area contributed by atoms with Crippen molar-refractivity contribution < 1.29 is 14.0 Å². The Morgan fingerprint density at radius 3 is 2.63 bits per heavy atom. The first kappa shape index (κ1) is 13.6. The van der Waals surface area contributed by atoms with Crippen LogP contribution in [0.15, 0.2) is 10.6 Å². The maximum atomic E-state index is 12.4. The number of nitrogens with one attached hydrogen (secondary N) is 1. The van der Waals surface area contributed by atoms with Gasteiger partial charge >= 0.3 is 0 Å². The van der Waals surface area contributed by atoms with Gasteiger partial charge in [0, 0.05) is 0 Å². The molecule has 0 spiro atoms. The molecule has 0 saturated carbocycles. The highest BCUT2D eigenvalue weighted by Crippen LogP contribution is 2.23. The minimum absolute atomic E-state index is 0.0463. The average molecular weight is 265 g/mol. The van der Waals surface area contributed by atoms with Crippen molar-refractivity contribution in [3.05, 3.63) is 17.8 Å². The van der Waals surface area contributed by atoms with Gasteiger partial charge in [0.15, 0.2) is 0 Å². The van der Waals surface area contributed by atoms with Crippen LogP contribution in [0.2, 0.25) is 0 Å². The summed E-state index contributed by atoms with van der Waals surface area (Å²) >= 11 is 0. The monoisotopic (exact) mass is 265 g/mol. The van der Waals surface area contributed by atoms with Crippen LogP contribution >= 0.6 is 0 Å². The molecule has 2 rings (SSSR count). The van der Waals surface area contributed by atoms with Crippen molar-refractivity contribution in [3.8, 4) is 0 Å². The molecular formula is C13H19N3O3. The summed E-state index contributed by atoms with van der Waals surface area (Å²) in [5.74, 6) is 0.975. The van der Waals surface area contributed by atoms with Crippen molar-refractivity contribution in [2.24, 2.45) is 5.92 Å². The first-order valence-corrected chi connectivity index (χ1v) is 6.42. The Morgan fingerprint density at radius 1 is 1.42 bits per heavy atom. The summed E-state index contributed by atoms with van der Waals surface area (Å²) < 4.78 is 5.44. The molecule has 1 aliphatic rings. The molecule has 1 aromatic rings. The van der Waals surface area contributed by atoms with Crippen molar-refractivity contribution in [1.82, 2.24) is 15.2 Å². The van der Waals surface area contributed by atoms with Crippen LogP contribution in [-0.2, 0) is 9.59 Å². The SMILES string of the molecule is Cc1cnc(C(C)N2CC(=O)NC(C(C)C)C2=O)o1. The van der Waals surface area contributed by atoms with E-state index in [1.54, 1.807) is 13.1 Å². The Kier molecular flexibility index (Phi) is 3.59. The lowest BCUT2D eigenvalue weighted by molar-refractivity contribution is -0.148. The predicted octanol–water partition coefficient (Wildman–Crippen LogP) is 1.03. The Bertz CT molecular complexity index is 495. The van der Waals surface area contributed by atoms with Gasteiger partial charge in [-0.3, -0.25) is 9.59 Å². The molecular weight excluding hydrogens is 246 g/mol. The van der Waals surface area contributed by atoms with E-state index in [-0.39, 0.29) is 30.3 Å². The molecule has 6 nitrogen and oxygen atoms in total. The number of hydrogen-bond donors (Lipinski definition) is 1. The van der Waals surface area contributed by atoms with E-state index in [1.807, 2.05) is 20.8 Å². The summed E-state index contributed by atoms with van der Waals surface area (Å²) in [6.07, 6.45) is 1.61. The normalized spacial score (nSPS) is 21.7. The molecule has 104 valence electrons. The maximum absolute atomic E-state index is 12.4. The summed E-state index contributed by atoms with van der Waals surface area (Å²) in [6, 6.07) is -0.812. The number of amides is 2. The van der Waals surface area contributed by atoms with E-state index < -0.39 is 6.04 Å². The highest BCUT2D eigenvalue weighted by molar-refractivity contribution is 5.95. The topological polar surface area (TPSA) is 75.4 Å². The predicted molar refractivity (Wildman–Crippen MR) is 68.1 cm³/mol. The highest BCUT2D eigenvalue weighted by atomic mass is 16.4. The van der Waals surface area contributed by atoms with Crippen LogP contribution in [0.5, 0.6) is 0 Å². The van der Waals surface area contributed by atoms with Crippen LogP contribution in [0.25, 0.3) is 0 Å². The van der Waals surface area contributed by atoms with Crippen LogP contribution in [0.3, 0.4) is 0 Å². The van der Waals surface area contributed by atoms with Gasteiger partial charge in [-0.1, -0.05) is 13.8 Å². The fraction of sp³-hybridized carbons (Fsp3) is 0.615. The molecule has 0 bridgehead atoms. The molecule has 1 fully saturated rings. The first-order valence-electron chi connectivity index (χ1n) is 6.42. The molecule has 2 atom stereocenters. The van der Waals surface area contributed by atoms with Crippen LogP contribution in [0.4, 0.5) is 0 Å². The van der Waals surface area contributed by atoms with Gasteiger partial charge in [0.25, 0.3) is 0 Å². The molecule has 19 heavy (non-hydrogen) atoms. The fourth-order valence-corrected chi connectivity index (χ4v) is 2.17. The van der Waals surface area contributed by atoms with E-state index in [0.29, 0.717) is 11.7 Å². The first-order chi connectivity index (χ1) is 8.90. The Balaban J connectivity index is 2.22. The third-order valence-corrected chi connectivity index (χ3v) is 3.31. The zero-order valence-corrected chi connectivity index (χ0v) is 11.6. The number of nitrogens with zero attached hydrogens (tertiary/aromatic N) is 2. The van der Waals surface area contributed by atoms with E-state index in [1.165, 1.54) is 4.90 Å². The van der Waals surface area contributed by atoms with E-state index >= 15 is 0 Å². The van der Waals surface area contributed by atoms with Crippen LogP contribution < -0.4 is 5.32 Å². The van der Waals surface area contributed by atoms with Gasteiger partial charge in [0.2, 0.25) is 17.7 Å². The number of piperazine rings is 1. The molecule has 0 radical (unpaired) electrons. The van der Waals surface area contributed by atoms with Crippen molar-refractivity contribution in [2.45, 2.75) is 39.8 Å². The van der Waals surface area contributed by atoms with Crippen molar-refractivity contribution >= 4 is 11.8 Å². The zero-order valence-electron chi connectivity index (χ0n) is 11.6. The number of carbonyl (C=O) groups excluding carboxylic acids is 2. The third-order valence-electron chi connectivity index (χ3n) is 3.31. The summed E-state index contributed by atoms with van der Waals surface area (Å²) in [5, 5.41) is 2.73. The van der Waals surface area contributed by atoms with Crippen molar-refractivity contribution in [2.75, 3.05) is 6.54 Å². The fourth-order valence-electron chi connectivity index (χ4n) is 2.17. The molecule has 0 aliphatic carbocycles. The summed E-state index contributed by atoms with van der Waals surface area (Å²) in [4.78, 5) is 29.7. The second-order valence-electron chi connectivity index (χ2n) is 5.24. The average Bonchev–Trinajstić information content (AvgIpc) is 2.77. The lowest BCUT2D eigenvalue weighted by Crippen LogP contribution is -2.60. The van der Waals surface area contributed by atoms with Crippen LogP contribution in [0.1, 0.15) is 38.5 Å². The highest BCUT2D eigenvalue weighted by Gasteiger charge is 2.38. The molecule has 0 aromatic carbocycles.